The third-order valence-corrected chi connectivity index (χ3v) is 7.12. The van der Waals surface area contributed by atoms with Gasteiger partial charge in [-0.2, -0.15) is 0 Å². The molecular formula is C18H21N3O5S2. The standard InChI is InChI=1S/C18H21N3O5S2/c1-20(26-2)28(24,25)14-9-7-13(8-10-14)19-17(22)15-5-3-11-21(15)18(23)16-6-4-12-27-16/h4,6-10,12,15H,3,5,11H2,1-2H3,(H,19,22). The molecule has 2 aromatic rings. The Bertz CT molecular complexity index is 942. The first-order valence-corrected chi connectivity index (χ1v) is 10.9. The molecule has 150 valence electrons. The number of hydroxylamine groups is 1. The van der Waals surface area contributed by atoms with E-state index in [2.05, 4.69) is 5.32 Å². The van der Waals surface area contributed by atoms with Gasteiger partial charge in [0, 0.05) is 19.3 Å². The Hall–Kier alpha value is -2.27. The summed E-state index contributed by atoms with van der Waals surface area (Å²) in [6, 6.07) is 8.81. The van der Waals surface area contributed by atoms with Gasteiger partial charge < -0.3 is 10.2 Å². The van der Waals surface area contributed by atoms with Gasteiger partial charge >= 0.3 is 0 Å². The predicted molar refractivity (Wildman–Crippen MR) is 105 cm³/mol. The molecule has 0 saturated carbocycles. The molecule has 1 aliphatic heterocycles. The molecule has 8 nitrogen and oxygen atoms in total. The summed E-state index contributed by atoms with van der Waals surface area (Å²) in [5, 5.41) is 4.60. The summed E-state index contributed by atoms with van der Waals surface area (Å²) in [5.74, 6) is -0.427. The van der Waals surface area contributed by atoms with Crippen molar-refractivity contribution in [3.63, 3.8) is 0 Å². The Morgan fingerprint density at radius 2 is 1.96 bits per heavy atom. The molecule has 0 aliphatic carbocycles. The first-order valence-electron chi connectivity index (χ1n) is 8.63. The number of likely N-dealkylation sites (tertiary alicyclic amines) is 1. The normalized spacial score (nSPS) is 17.1. The molecule has 0 radical (unpaired) electrons. The van der Waals surface area contributed by atoms with Crippen molar-refractivity contribution in [2.24, 2.45) is 0 Å². The van der Waals surface area contributed by atoms with E-state index >= 15 is 0 Å². The van der Waals surface area contributed by atoms with Crippen LogP contribution in [0.2, 0.25) is 0 Å². The van der Waals surface area contributed by atoms with E-state index in [9.17, 15) is 18.0 Å². The Morgan fingerprint density at radius 1 is 1.25 bits per heavy atom. The van der Waals surface area contributed by atoms with E-state index in [-0.39, 0.29) is 16.7 Å². The summed E-state index contributed by atoms with van der Waals surface area (Å²) in [6.07, 6.45) is 1.35. The Labute approximate surface area is 167 Å². The molecule has 1 aromatic carbocycles. The number of carbonyl (C=O) groups is 2. The highest BCUT2D eigenvalue weighted by atomic mass is 32.2. The van der Waals surface area contributed by atoms with Gasteiger partial charge in [0.2, 0.25) is 5.91 Å². The maximum atomic E-state index is 12.7. The summed E-state index contributed by atoms with van der Waals surface area (Å²) in [7, 11) is -1.19. The SMILES string of the molecule is CON(C)S(=O)(=O)c1ccc(NC(=O)C2CCCN2C(=O)c2cccs2)cc1. The van der Waals surface area contributed by atoms with Crippen LogP contribution in [0, 0.1) is 0 Å². The maximum Gasteiger partial charge on any atom is 0.264 e. The number of anilines is 1. The molecule has 3 rings (SSSR count). The van der Waals surface area contributed by atoms with Gasteiger partial charge in [0.15, 0.2) is 0 Å². The van der Waals surface area contributed by atoms with Crippen molar-refractivity contribution in [3.8, 4) is 0 Å². The molecule has 1 aliphatic rings. The van der Waals surface area contributed by atoms with Gasteiger partial charge in [-0.15, -0.1) is 11.3 Å². The number of rotatable bonds is 6. The number of hydrogen-bond acceptors (Lipinski definition) is 6. The van der Waals surface area contributed by atoms with Crippen molar-refractivity contribution in [3.05, 3.63) is 46.7 Å². The Morgan fingerprint density at radius 3 is 2.57 bits per heavy atom. The topological polar surface area (TPSA) is 96.0 Å². The van der Waals surface area contributed by atoms with Crippen LogP contribution in [0.5, 0.6) is 0 Å². The number of amides is 2. The van der Waals surface area contributed by atoms with Crippen LogP contribution in [0.3, 0.4) is 0 Å². The van der Waals surface area contributed by atoms with Crippen molar-refractivity contribution in [1.29, 1.82) is 0 Å². The lowest BCUT2D eigenvalue weighted by molar-refractivity contribution is -0.119. The highest BCUT2D eigenvalue weighted by Gasteiger charge is 2.35. The van der Waals surface area contributed by atoms with Crippen LogP contribution in [0.25, 0.3) is 0 Å². The van der Waals surface area contributed by atoms with Gasteiger partial charge in [-0.1, -0.05) is 10.5 Å². The van der Waals surface area contributed by atoms with Gasteiger partial charge in [-0.25, -0.2) is 8.42 Å². The van der Waals surface area contributed by atoms with Crippen molar-refractivity contribution in [1.82, 2.24) is 9.37 Å². The van der Waals surface area contributed by atoms with Gasteiger partial charge in [0.05, 0.1) is 16.9 Å². The predicted octanol–water partition coefficient (Wildman–Crippen LogP) is 2.17. The van der Waals surface area contributed by atoms with Crippen LogP contribution < -0.4 is 5.32 Å². The van der Waals surface area contributed by atoms with Crippen molar-refractivity contribution in [2.45, 2.75) is 23.8 Å². The lowest BCUT2D eigenvalue weighted by Gasteiger charge is -2.23. The maximum absolute atomic E-state index is 12.7. The quantitative estimate of drug-likeness (QED) is 0.719. The summed E-state index contributed by atoms with van der Waals surface area (Å²) in [6.45, 7) is 0.537. The number of benzene rings is 1. The highest BCUT2D eigenvalue weighted by Crippen LogP contribution is 2.24. The number of thiophene rings is 1. The summed E-state index contributed by atoms with van der Waals surface area (Å²) in [5.41, 5.74) is 0.458. The van der Waals surface area contributed by atoms with Gasteiger partial charge in [-0.3, -0.25) is 14.4 Å². The van der Waals surface area contributed by atoms with Crippen LogP contribution in [0.1, 0.15) is 22.5 Å². The second-order valence-corrected chi connectivity index (χ2v) is 9.13. The van der Waals surface area contributed by atoms with Gasteiger partial charge in [-0.05, 0) is 48.6 Å². The second kappa shape index (κ2) is 8.39. The van der Waals surface area contributed by atoms with Crippen LogP contribution in [-0.4, -0.2) is 56.3 Å². The molecular weight excluding hydrogens is 402 g/mol. The van der Waals surface area contributed by atoms with Crippen molar-refractivity contribution >= 4 is 38.9 Å². The van der Waals surface area contributed by atoms with E-state index in [4.69, 9.17) is 4.84 Å². The third kappa shape index (κ3) is 4.09. The third-order valence-electron chi connectivity index (χ3n) is 4.56. The molecule has 10 heteroatoms. The second-order valence-electron chi connectivity index (χ2n) is 6.24. The fraction of sp³-hybridized carbons (Fsp3) is 0.333. The lowest BCUT2D eigenvalue weighted by atomic mass is 10.2. The van der Waals surface area contributed by atoms with E-state index < -0.39 is 16.1 Å². The van der Waals surface area contributed by atoms with E-state index in [0.717, 1.165) is 10.9 Å². The van der Waals surface area contributed by atoms with Crippen LogP contribution in [0.15, 0.2) is 46.7 Å². The van der Waals surface area contributed by atoms with E-state index in [1.165, 1.54) is 49.8 Å². The largest absolute Gasteiger partial charge is 0.326 e. The smallest absolute Gasteiger partial charge is 0.264 e. The lowest BCUT2D eigenvalue weighted by Crippen LogP contribution is -2.42. The van der Waals surface area contributed by atoms with Crippen LogP contribution in [0.4, 0.5) is 5.69 Å². The minimum atomic E-state index is -3.75. The van der Waals surface area contributed by atoms with Crippen molar-refractivity contribution in [2.75, 3.05) is 26.0 Å². The molecule has 1 aromatic heterocycles. The first-order chi connectivity index (χ1) is 13.3. The molecule has 1 unspecified atom stereocenters. The van der Waals surface area contributed by atoms with E-state index in [1.807, 2.05) is 5.38 Å². The average molecular weight is 424 g/mol. The van der Waals surface area contributed by atoms with E-state index in [0.29, 0.717) is 23.5 Å². The zero-order valence-corrected chi connectivity index (χ0v) is 17.1. The molecule has 1 saturated heterocycles. The number of nitrogens with one attached hydrogen (secondary N) is 1. The summed E-state index contributed by atoms with van der Waals surface area (Å²) < 4.78 is 25.2. The van der Waals surface area contributed by atoms with Crippen LogP contribution in [-0.2, 0) is 19.7 Å². The fourth-order valence-electron chi connectivity index (χ4n) is 3.01. The van der Waals surface area contributed by atoms with Crippen molar-refractivity contribution < 1.29 is 22.8 Å². The number of hydrogen-bond donors (Lipinski definition) is 1. The number of nitrogens with zero attached hydrogens (tertiary/aromatic N) is 2. The van der Waals surface area contributed by atoms with Gasteiger partial charge in [0.25, 0.3) is 15.9 Å². The van der Waals surface area contributed by atoms with E-state index in [1.54, 1.807) is 17.0 Å². The Balaban J connectivity index is 1.70. The monoisotopic (exact) mass is 423 g/mol. The van der Waals surface area contributed by atoms with Crippen LogP contribution >= 0.6 is 11.3 Å². The molecule has 1 N–H and O–H groups in total. The molecule has 28 heavy (non-hydrogen) atoms. The summed E-state index contributed by atoms with van der Waals surface area (Å²) >= 11 is 1.35. The zero-order chi connectivity index (χ0) is 20.3. The zero-order valence-electron chi connectivity index (χ0n) is 15.5. The molecule has 0 bridgehead atoms. The Kier molecular flexibility index (Phi) is 6.14. The molecule has 1 atom stereocenters. The molecule has 2 amide bonds. The van der Waals surface area contributed by atoms with Gasteiger partial charge in [0.1, 0.15) is 6.04 Å². The summed E-state index contributed by atoms with van der Waals surface area (Å²) in [4.78, 5) is 32.3. The molecule has 1 fully saturated rings. The first kappa shape index (κ1) is 20.5. The average Bonchev–Trinajstić information content (AvgIpc) is 3.39. The number of sulfonamides is 1. The fourth-order valence-corrected chi connectivity index (χ4v) is 4.66. The minimum absolute atomic E-state index is 0.0465. The minimum Gasteiger partial charge on any atom is -0.326 e. The molecule has 2 heterocycles. The number of carbonyl (C=O) groups excluding carboxylic acids is 2. The highest BCUT2D eigenvalue weighted by molar-refractivity contribution is 7.89. The molecule has 0 spiro atoms.